The van der Waals surface area contributed by atoms with Crippen LogP contribution in [-0.2, 0) is 16.0 Å². The van der Waals surface area contributed by atoms with Crippen LogP contribution in [0.2, 0.25) is 0 Å². The molecule has 15 heavy (non-hydrogen) atoms. The van der Waals surface area contributed by atoms with Gasteiger partial charge in [0.15, 0.2) is 0 Å². The van der Waals surface area contributed by atoms with Crippen LogP contribution in [0.5, 0.6) is 0 Å². The molecule has 1 aliphatic heterocycles. The predicted molar refractivity (Wildman–Crippen MR) is 58.4 cm³/mol. The summed E-state index contributed by atoms with van der Waals surface area (Å²) in [5.41, 5.74) is 1.23. The van der Waals surface area contributed by atoms with E-state index in [2.05, 4.69) is 12.1 Å². The lowest BCUT2D eigenvalue weighted by atomic mass is 9.97. The molecule has 0 aliphatic carbocycles. The van der Waals surface area contributed by atoms with E-state index in [1.54, 1.807) is 6.92 Å². The van der Waals surface area contributed by atoms with Crippen LogP contribution in [-0.4, -0.2) is 12.0 Å². The molecule has 0 spiro atoms. The van der Waals surface area contributed by atoms with Crippen molar-refractivity contribution in [3.05, 3.63) is 35.9 Å². The molecule has 1 aromatic rings. The first-order valence-corrected chi connectivity index (χ1v) is 5.34. The summed E-state index contributed by atoms with van der Waals surface area (Å²) in [6.07, 6.45) is 1.14. The fourth-order valence-corrected chi connectivity index (χ4v) is 1.93. The van der Waals surface area contributed by atoms with Crippen LogP contribution in [0.4, 0.5) is 0 Å². The lowest BCUT2D eigenvalue weighted by Gasteiger charge is -2.04. The highest BCUT2D eigenvalue weighted by atomic mass is 16.5. The Balaban J connectivity index is 1.90. The van der Waals surface area contributed by atoms with Gasteiger partial charge in [-0.2, -0.15) is 0 Å². The van der Waals surface area contributed by atoms with Gasteiger partial charge in [0.05, 0.1) is 13.4 Å². The minimum Gasteiger partial charge on any atom is -0.462 e. The van der Waals surface area contributed by atoms with Crippen LogP contribution >= 0.6 is 0 Å². The predicted octanol–water partition coefficient (Wildman–Crippen LogP) is 2.57. The van der Waals surface area contributed by atoms with E-state index in [-0.39, 0.29) is 11.9 Å². The Kier molecular flexibility index (Phi) is 2.67. The summed E-state index contributed by atoms with van der Waals surface area (Å²) in [6, 6.07) is 10.1. The molecule has 1 saturated heterocycles. The van der Waals surface area contributed by atoms with Crippen LogP contribution in [0.25, 0.3) is 0 Å². The Hall–Kier alpha value is -1.31. The van der Waals surface area contributed by atoms with Crippen molar-refractivity contribution in [2.24, 2.45) is 5.92 Å². The molecule has 80 valence electrons. The Morgan fingerprint density at radius 3 is 2.80 bits per heavy atom. The zero-order chi connectivity index (χ0) is 11.6. The van der Waals surface area contributed by atoms with Crippen LogP contribution in [0.3, 0.4) is 0 Å². The van der Waals surface area contributed by atoms with Gasteiger partial charge in [-0.25, -0.2) is 0 Å². The molecule has 0 bridgehead atoms. The van der Waals surface area contributed by atoms with Gasteiger partial charge in [0.25, 0.3) is 0 Å². The number of ether oxygens (including phenoxy) is 1. The normalized spacial score (nSPS) is 31.1. The fraction of sp³-hybridized carbons (Fsp3) is 0.462. The average molecular weight is 205 g/mol. The van der Waals surface area contributed by atoms with Gasteiger partial charge >= 0.3 is 5.97 Å². The number of cyclic esters (lactones) is 1. The Morgan fingerprint density at radius 2 is 2.20 bits per heavy atom. The summed E-state index contributed by atoms with van der Waals surface area (Å²) in [6.45, 7) is 1.65. The van der Waals surface area contributed by atoms with Gasteiger partial charge in [-0.05, 0) is 31.7 Å². The summed E-state index contributed by atoms with van der Waals surface area (Å²) < 4.78 is 12.7. The summed E-state index contributed by atoms with van der Waals surface area (Å²) in [5.74, 6) is -0.323. The summed E-state index contributed by atoms with van der Waals surface area (Å²) in [4.78, 5) is 11.5. The first-order chi connectivity index (χ1) is 7.57. The molecule has 1 aromatic carbocycles. The fourth-order valence-electron chi connectivity index (χ4n) is 1.93. The minimum atomic E-state index is -1.02. The number of esters is 1. The zero-order valence-corrected chi connectivity index (χ0v) is 8.90. The third-order valence-corrected chi connectivity index (χ3v) is 2.77. The second-order valence-corrected chi connectivity index (χ2v) is 4.05. The smallest absolute Gasteiger partial charge is 0.309 e. The van der Waals surface area contributed by atoms with E-state index in [4.69, 9.17) is 6.11 Å². The minimum absolute atomic E-state index is 0.109. The van der Waals surface area contributed by atoms with Crippen molar-refractivity contribution in [1.29, 1.82) is 0 Å². The van der Waals surface area contributed by atoms with Crippen LogP contribution in [0.15, 0.2) is 30.3 Å². The lowest BCUT2D eigenvalue weighted by Crippen LogP contribution is -2.08. The van der Waals surface area contributed by atoms with Crippen molar-refractivity contribution in [2.45, 2.75) is 32.3 Å². The average Bonchev–Trinajstić information content (AvgIpc) is 2.50. The van der Waals surface area contributed by atoms with Gasteiger partial charge in [0.2, 0.25) is 0 Å². The van der Waals surface area contributed by atoms with E-state index in [0.717, 1.165) is 12.8 Å². The quantitative estimate of drug-likeness (QED) is 0.709. The first kappa shape index (κ1) is 8.96. The molecule has 0 aromatic heterocycles. The van der Waals surface area contributed by atoms with Crippen molar-refractivity contribution >= 4 is 5.97 Å². The Bertz CT molecular complexity index is 373. The molecule has 2 atom stereocenters. The Labute approximate surface area is 91.7 Å². The van der Waals surface area contributed by atoms with Crippen molar-refractivity contribution < 1.29 is 10.9 Å². The summed E-state index contributed by atoms with van der Waals surface area (Å²) in [5, 5.41) is 0. The van der Waals surface area contributed by atoms with E-state index >= 15 is 0 Å². The molecular weight excluding hydrogens is 188 g/mol. The van der Waals surface area contributed by atoms with Crippen LogP contribution in [0, 0.1) is 5.92 Å². The molecule has 0 saturated carbocycles. The van der Waals surface area contributed by atoms with Crippen molar-refractivity contribution in [1.82, 2.24) is 0 Å². The molecule has 2 heteroatoms. The number of carbonyl (C=O) groups is 1. The molecule has 0 unspecified atom stereocenters. The largest absolute Gasteiger partial charge is 0.462 e. The SMILES string of the molecule is [2H][C@@]1(C)C[C@@H](CCc2ccccc2)C(=O)O1. The molecule has 0 radical (unpaired) electrons. The highest BCUT2D eigenvalue weighted by Crippen LogP contribution is 2.25. The highest BCUT2D eigenvalue weighted by molar-refractivity contribution is 5.74. The van der Waals surface area contributed by atoms with Gasteiger partial charge in [0, 0.05) is 0 Å². The summed E-state index contributed by atoms with van der Waals surface area (Å²) >= 11 is 0. The maximum atomic E-state index is 11.5. The third-order valence-electron chi connectivity index (χ3n) is 2.77. The third kappa shape index (κ3) is 2.58. The number of hydrogen-bond donors (Lipinski definition) is 0. The van der Waals surface area contributed by atoms with Crippen LogP contribution < -0.4 is 0 Å². The zero-order valence-electron chi connectivity index (χ0n) is 9.90. The monoisotopic (exact) mass is 205 g/mol. The van der Waals surface area contributed by atoms with Crippen LogP contribution in [0.1, 0.15) is 26.7 Å². The number of hydrogen-bond acceptors (Lipinski definition) is 2. The molecular formula is C13H16O2. The molecule has 1 heterocycles. The Morgan fingerprint density at radius 1 is 1.47 bits per heavy atom. The van der Waals surface area contributed by atoms with E-state index in [1.165, 1.54) is 5.56 Å². The van der Waals surface area contributed by atoms with E-state index in [0.29, 0.717) is 6.42 Å². The number of rotatable bonds is 3. The maximum Gasteiger partial charge on any atom is 0.309 e. The number of benzene rings is 1. The van der Waals surface area contributed by atoms with Gasteiger partial charge < -0.3 is 4.74 Å². The molecule has 0 amide bonds. The van der Waals surface area contributed by atoms with Gasteiger partial charge in [-0.3, -0.25) is 4.79 Å². The standard InChI is InChI=1S/C13H16O2/c1-10-9-12(13(14)15-10)8-7-11-5-3-2-4-6-11/h2-6,10,12H,7-9H2,1H3/t10-,12-/m1/s1/i10D. The second-order valence-electron chi connectivity index (χ2n) is 4.05. The summed E-state index contributed by atoms with van der Waals surface area (Å²) in [7, 11) is 0. The molecule has 2 rings (SSSR count). The molecule has 1 fully saturated rings. The molecule has 2 nitrogen and oxygen atoms in total. The molecule has 1 aliphatic rings. The second kappa shape index (κ2) is 4.47. The highest BCUT2D eigenvalue weighted by Gasteiger charge is 2.30. The van der Waals surface area contributed by atoms with Crippen molar-refractivity contribution in [2.75, 3.05) is 0 Å². The van der Waals surface area contributed by atoms with Gasteiger partial charge in [-0.1, -0.05) is 30.3 Å². The van der Waals surface area contributed by atoms with Gasteiger partial charge in [-0.15, -0.1) is 0 Å². The number of carbonyl (C=O) groups excluding carboxylic acids is 1. The van der Waals surface area contributed by atoms with E-state index < -0.39 is 6.08 Å². The van der Waals surface area contributed by atoms with Crippen molar-refractivity contribution in [3.63, 3.8) is 0 Å². The molecule has 0 N–H and O–H groups in total. The van der Waals surface area contributed by atoms with E-state index in [1.807, 2.05) is 18.2 Å². The van der Waals surface area contributed by atoms with E-state index in [9.17, 15) is 4.79 Å². The van der Waals surface area contributed by atoms with Gasteiger partial charge in [0.1, 0.15) is 0 Å². The first-order valence-electron chi connectivity index (χ1n) is 5.84. The van der Waals surface area contributed by atoms with Crippen molar-refractivity contribution in [3.8, 4) is 0 Å². The number of aryl methyl sites for hydroxylation is 1. The maximum absolute atomic E-state index is 11.5. The lowest BCUT2D eigenvalue weighted by molar-refractivity contribution is -0.143. The topological polar surface area (TPSA) is 26.3 Å².